The molecule has 2 aromatic heterocycles. The summed E-state index contributed by atoms with van der Waals surface area (Å²) in [5.74, 6) is -0.205. The predicted molar refractivity (Wildman–Crippen MR) is 221 cm³/mol. The minimum Gasteiger partial charge on any atom is -0.462 e. The highest BCUT2D eigenvalue weighted by Gasteiger charge is 2.19. The van der Waals surface area contributed by atoms with Gasteiger partial charge in [-0.15, -0.1) is 22.7 Å². The van der Waals surface area contributed by atoms with Crippen LogP contribution in [-0.4, -0.2) is 37.2 Å². The molecule has 0 N–H and O–H groups in total. The third-order valence-corrected chi connectivity index (χ3v) is 11.9. The Labute approximate surface area is 328 Å². The van der Waals surface area contributed by atoms with Gasteiger partial charge in [-0.05, 0) is 79.4 Å². The zero-order valence-corrected chi connectivity index (χ0v) is 33.6. The lowest BCUT2D eigenvalue weighted by atomic mass is 10.0. The average molecular weight is 771 g/mol. The molecule has 7 nitrogen and oxygen atoms in total. The fourth-order valence-corrected chi connectivity index (χ4v) is 8.69. The van der Waals surface area contributed by atoms with Crippen LogP contribution in [0.2, 0.25) is 0 Å². The fraction of sp³-hybridized carbons (Fsp3) is 0.444. The molecule has 0 spiro atoms. The Morgan fingerprint density at radius 3 is 1.81 bits per heavy atom. The van der Waals surface area contributed by atoms with Crippen molar-refractivity contribution in [1.29, 1.82) is 0 Å². The Morgan fingerprint density at radius 1 is 0.574 bits per heavy atom. The van der Waals surface area contributed by atoms with E-state index in [1.807, 2.05) is 42.5 Å². The minimum absolute atomic E-state index is 0.296. The summed E-state index contributed by atoms with van der Waals surface area (Å²) in [5, 5.41) is 0.997. The van der Waals surface area contributed by atoms with Gasteiger partial charge in [0.1, 0.15) is 16.4 Å². The number of fused-ring (bicyclic) bond motifs is 3. The zero-order chi connectivity index (χ0) is 38.1. The monoisotopic (exact) mass is 770 g/mol. The van der Waals surface area contributed by atoms with E-state index in [2.05, 4.69) is 13.8 Å². The number of rotatable bonds is 23. The first-order valence-corrected chi connectivity index (χ1v) is 21.4. The third kappa shape index (κ3) is 12.2. The van der Waals surface area contributed by atoms with E-state index in [1.165, 1.54) is 62.7 Å². The summed E-state index contributed by atoms with van der Waals surface area (Å²) in [4.78, 5) is 38.7. The molecule has 54 heavy (non-hydrogen) atoms. The summed E-state index contributed by atoms with van der Waals surface area (Å²) < 4.78 is 25.4. The van der Waals surface area contributed by atoms with Gasteiger partial charge in [-0.2, -0.15) is 0 Å². The smallest absolute Gasteiger partial charge is 0.353 e. The lowest BCUT2D eigenvalue weighted by molar-refractivity contribution is -0.146. The number of carbonyl (C=O) groups excluding carboxylic acids is 3. The van der Waals surface area contributed by atoms with Crippen LogP contribution in [0.1, 0.15) is 131 Å². The second-order valence-corrected chi connectivity index (χ2v) is 16.0. The van der Waals surface area contributed by atoms with Crippen molar-refractivity contribution in [3.05, 3.63) is 83.2 Å². The first-order chi connectivity index (χ1) is 26.4. The van der Waals surface area contributed by atoms with Gasteiger partial charge in [-0.25, -0.2) is 14.4 Å². The minimum atomic E-state index is -0.633. The van der Waals surface area contributed by atoms with Crippen molar-refractivity contribution in [2.24, 2.45) is 0 Å². The van der Waals surface area contributed by atoms with Crippen molar-refractivity contribution in [3.8, 4) is 22.6 Å². The van der Waals surface area contributed by atoms with Crippen LogP contribution in [-0.2, 0) is 14.3 Å². The summed E-state index contributed by atoms with van der Waals surface area (Å²) in [5.41, 5.74) is 2.42. The standard InChI is InChI=1S/C45H54O7S2/c1-4-6-8-10-11-12-13-14-15-17-29-50-44(47)35-20-18-33(19-21-35)34-22-24-36(25-23-34)51-45(48)41-31-40-42(54-41)38-27-26-37(30-39(38)53-40)52-43(46)32(3)49-28-16-9-7-5-2/h18-27,30-32H,4-17,28-29H2,1-3H3/t32-/m0/s1. The molecular weight excluding hydrogens is 717 g/mol. The number of unbranched alkanes of at least 4 members (excludes halogenated alkanes) is 12. The molecule has 0 aliphatic heterocycles. The van der Waals surface area contributed by atoms with Gasteiger partial charge in [-0.1, -0.05) is 115 Å². The van der Waals surface area contributed by atoms with E-state index in [4.69, 9.17) is 18.9 Å². The first-order valence-electron chi connectivity index (χ1n) is 19.8. The van der Waals surface area contributed by atoms with E-state index in [0.29, 0.717) is 35.2 Å². The van der Waals surface area contributed by atoms with Crippen molar-refractivity contribution >= 4 is 60.1 Å². The van der Waals surface area contributed by atoms with Gasteiger partial charge >= 0.3 is 17.9 Å². The fourth-order valence-electron chi connectivity index (χ4n) is 6.26. The van der Waals surface area contributed by atoms with Gasteiger partial charge < -0.3 is 18.9 Å². The number of benzene rings is 3. The van der Waals surface area contributed by atoms with Crippen LogP contribution in [0.3, 0.4) is 0 Å². The van der Waals surface area contributed by atoms with Crippen molar-refractivity contribution in [2.75, 3.05) is 13.2 Å². The van der Waals surface area contributed by atoms with Crippen LogP contribution in [0.4, 0.5) is 0 Å². The molecule has 288 valence electrons. The highest BCUT2D eigenvalue weighted by molar-refractivity contribution is 7.33. The molecular formula is C45H54O7S2. The molecule has 0 saturated carbocycles. The molecule has 5 rings (SSSR count). The van der Waals surface area contributed by atoms with Crippen LogP contribution in [0.5, 0.6) is 11.5 Å². The normalized spacial score (nSPS) is 11.9. The van der Waals surface area contributed by atoms with E-state index in [1.54, 1.807) is 48.6 Å². The van der Waals surface area contributed by atoms with E-state index in [0.717, 1.165) is 69.1 Å². The zero-order valence-electron chi connectivity index (χ0n) is 32.0. The highest BCUT2D eigenvalue weighted by Crippen LogP contribution is 2.41. The van der Waals surface area contributed by atoms with Crippen molar-refractivity contribution in [1.82, 2.24) is 0 Å². The second kappa shape index (κ2) is 21.7. The van der Waals surface area contributed by atoms with Crippen LogP contribution in [0.25, 0.3) is 30.6 Å². The van der Waals surface area contributed by atoms with E-state index in [9.17, 15) is 14.4 Å². The Morgan fingerprint density at radius 2 is 1.15 bits per heavy atom. The van der Waals surface area contributed by atoms with Crippen LogP contribution in [0, 0.1) is 0 Å². The van der Waals surface area contributed by atoms with Crippen LogP contribution < -0.4 is 9.47 Å². The molecule has 0 radical (unpaired) electrons. The molecule has 1 atom stereocenters. The van der Waals surface area contributed by atoms with Gasteiger partial charge in [0, 0.05) is 21.4 Å². The summed E-state index contributed by atoms with van der Waals surface area (Å²) >= 11 is 2.93. The molecule has 2 heterocycles. The second-order valence-electron chi connectivity index (χ2n) is 13.9. The van der Waals surface area contributed by atoms with Crippen molar-refractivity contribution in [3.63, 3.8) is 0 Å². The van der Waals surface area contributed by atoms with Gasteiger partial charge in [0.15, 0.2) is 6.10 Å². The number of carbonyl (C=O) groups is 3. The summed E-state index contributed by atoms with van der Waals surface area (Å²) in [6.45, 7) is 7.12. The van der Waals surface area contributed by atoms with Gasteiger partial charge in [-0.3, -0.25) is 0 Å². The maximum Gasteiger partial charge on any atom is 0.353 e. The molecule has 0 aliphatic rings. The highest BCUT2D eigenvalue weighted by atomic mass is 32.1. The Kier molecular flexibility index (Phi) is 16.6. The van der Waals surface area contributed by atoms with Crippen molar-refractivity contribution < 1.29 is 33.3 Å². The number of hydrogen-bond donors (Lipinski definition) is 0. The average Bonchev–Trinajstić information content (AvgIpc) is 3.75. The molecule has 0 amide bonds. The number of hydrogen-bond acceptors (Lipinski definition) is 9. The first kappa shape index (κ1) is 41.1. The molecule has 0 unspecified atom stereocenters. The molecule has 5 aromatic rings. The Balaban J connectivity index is 1.06. The van der Waals surface area contributed by atoms with Gasteiger partial charge in [0.2, 0.25) is 0 Å². The third-order valence-electron chi connectivity index (χ3n) is 9.48. The topological polar surface area (TPSA) is 88.1 Å². The maximum absolute atomic E-state index is 13.1. The van der Waals surface area contributed by atoms with E-state index >= 15 is 0 Å². The van der Waals surface area contributed by atoms with Gasteiger partial charge in [0.25, 0.3) is 0 Å². The lowest BCUT2D eigenvalue weighted by Crippen LogP contribution is -2.26. The quantitative estimate of drug-likeness (QED) is 0.0371. The summed E-state index contributed by atoms with van der Waals surface area (Å²) in [6.07, 6.45) is 16.1. The Bertz CT molecular complexity index is 1920. The Hall–Kier alpha value is -4.05. The van der Waals surface area contributed by atoms with Crippen LogP contribution >= 0.6 is 22.7 Å². The molecule has 0 fully saturated rings. The van der Waals surface area contributed by atoms with E-state index < -0.39 is 18.0 Å². The number of esters is 3. The largest absolute Gasteiger partial charge is 0.462 e. The molecule has 0 saturated heterocycles. The molecule has 3 aromatic carbocycles. The van der Waals surface area contributed by atoms with Crippen LogP contribution in [0.15, 0.2) is 72.8 Å². The predicted octanol–water partition coefficient (Wildman–Crippen LogP) is 13.0. The lowest BCUT2D eigenvalue weighted by Gasteiger charge is -2.12. The van der Waals surface area contributed by atoms with Gasteiger partial charge in [0.05, 0.1) is 16.9 Å². The molecule has 9 heteroatoms. The number of ether oxygens (including phenoxy) is 4. The summed E-state index contributed by atoms with van der Waals surface area (Å²) in [7, 11) is 0. The number of thiophene rings is 2. The summed E-state index contributed by atoms with van der Waals surface area (Å²) in [6, 6.07) is 22.1. The maximum atomic E-state index is 13.1. The SMILES string of the molecule is CCCCCCCCCCCCOC(=O)c1ccc(-c2ccc(OC(=O)c3cc4sc5cc(OC(=O)[C@H](C)OCCCCCC)ccc5c4s3)cc2)cc1. The van der Waals surface area contributed by atoms with E-state index in [-0.39, 0.29) is 5.97 Å². The molecule has 0 bridgehead atoms. The molecule has 0 aliphatic carbocycles. The van der Waals surface area contributed by atoms with Crippen molar-refractivity contribution in [2.45, 2.75) is 117 Å².